The summed E-state index contributed by atoms with van der Waals surface area (Å²) in [6.07, 6.45) is 2.09. The maximum Gasteiger partial charge on any atom is 0.106 e. The number of ether oxygens (including phenoxy) is 4. The predicted octanol–water partition coefficient (Wildman–Crippen LogP) is 1.09. The van der Waals surface area contributed by atoms with Gasteiger partial charge in [-0.3, -0.25) is 0 Å². The molecule has 0 radical (unpaired) electrons. The first-order chi connectivity index (χ1) is 9.69. The molecule has 20 heavy (non-hydrogen) atoms. The highest BCUT2D eigenvalue weighted by Gasteiger charge is 2.48. The SMILES string of the molecule is CC(COCC1CO1)(C(=CO)C1CO1)C(=CO)C1CO1. The van der Waals surface area contributed by atoms with E-state index in [1.54, 1.807) is 0 Å². The van der Waals surface area contributed by atoms with Gasteiger partial charge in [-0.2, -0.15) is 0 Å². The average molecular weight is 284 g/mol. The topological polar surface area (TPSA) is 87.3 Å². The monoisotopic (exact) mass is 284 g/mol. The molecular weight excluding hydrogens is 264 g/mol. The van der Waals surface area contributed by atoms with Crippen LogP contribution in [0.15, 0.2) is 23.7 Å². The van der Waals surface area contributed by atoms with E-state index in [-0.39, 0.29) is 18.3 Å². The molecule has 3 heterocycles. The highest BCUT2D eigenvalue weighted by Crippen LogP contribution is 2.45. The Morgan fingerprint density at radius 3 is 1.95 bits per heavy atom. The highest BCUT2D eigenvalue weighted by molar-refractivity contribution is 5.35. The molecule has 3 aliphatic heterocycles. The van der Waals surface area contributed by atoms with Gasteiger partial charge in [-0.15, -0.1) is 0 Å². The Bertz CT molecular complexity index is 389. The van der Waals surface area contributed by atoms with E-state index in [2.05, 4.69) is 0 Å². The van der Waals surface area contributed by atoms with Crippen LogP contribution in [0.3, 0.4) is 0 Å². The van der Waals surface area contributed by atoms with Crippen LogP contribution in [0, 0.1) is 5.41 Å². The molecule has 3 saturated heterocycles. The summed E-state index contributed by atoms with van der Waals surface area (Å²) < 4.78 is 21.4. The normalized spacial score (nSPS) is 35.5. The summed E-state index contributed by atoms with van der Waals surface area (Å²) in [6, 6.07) is 0. The summed E-state index contributed by atoms with van der Waals surface area (Å²) in [5, 5.41) is 19.1. The van der Waals surface area contributed by atoms with Gasteiger partial charge in [-0.1, -0.05) is 0 Å². The van der Waals surface area contributed by atoms with E-state index in [0.717, 1.165) is 19.1 Å². The molecule has 0 aromatic heterocycles. The number of hydrogen-bond acceptors (Lipinski definition) is 6. The Balaban J connectivity index is 1.75. The second-order valence-corrected chi connectivity index (χ2v) is 5.62. The number of aliphatic hydroxyl groups excluding tert-OH is 2. The third-order valence-electron chi connectivity index (χ3n) is 4.01. The van der Waals surface area contributed by atoms with Gasteiger partial charge in [0.2, 0.25) is 0 Å². The van der Waals surface area contributed by atoms with Crippen LogP contribution in [0.4, 0.5) is 0 Å². The van der Waals surface area contributed by atoms with Crippen LogP contribution in [0.5, 0.6) is 0 Å². The van der Waals surface area contributed by atoms with E-state index in [9.17, 15) is 10.2 Å². The van der Waals surface area contributed by atoms with Crippen molar-refractivity contribution >= 4 is 0 Å². The van der Waals surface area contributed by atoms with Crippen LogP contribution in [0.25, 0.3) is 0 Å². The fourth-order valence-electron chi connectivity index (χ4n) is 2.51. The number of rotatable bonds is 8. The first-order valence-corrected chi connectivity index (χ1v) is 6.81. The zero-order valence-electron chi connectivity index (χ0n) is 11.4. The van der Waals surface area contributed by atoms with Crippen molar-refractivity contribution in [2.75, 3.05) is 33.0 Å². The molecular formula is C14H20O6. The lowest BCUT2D eigenvalue weighted by Gasteiger charge is -2.32. The first-order valence-electron chi connectivity index (χ1n) is 6.81. The van der Waals surface area contributed by atoms with Gasteiger partial charge in [0.25, 0.3) is 0 Å². The molecule has 2 N–H and O–H groups in total. The van der Waals surface area contributed by atoms with Crippen molar-refractivity contribution in [3.63, 3.8) is 0 Å². The van der Waals surface area contributed by atoms with Gasteiger partial charge in [0.05, 0.1) is 45.6 Å². The highest BCUT2D eigenvalue weighted by atomic mass is 16.6. The molecule has 112 valence electrons. The second-order valence-electron chi connectivity index (χ2n) is 5.62. The molecule has 0 aromatic carbocycles. The van der Waals surface area contributed by atoms with Crippen molar-refractivity contribution in [1.29, 1.82) is 0 Å². The Kier molecular flexibility index (Phi) is 3.72. The number of hydrogen-bond donors (Lipinski definition) is 2. The van der Waals surface area contributed by atoms with Crippen molar-refractivity contribution in [3.05, 3.63) is 23.7 Å². The van der Waals surface area contributed by atoms with Gasteiger partial charge in [0.15, 0.2) is 0 Å². The maximum atomic E-state index is 9.57. The summed E-state index contributed by atoms with van der Waals surface area (Å²) in [4.78, 5) is 0. The molecule has 0 aliphatic carbocycles. The summed E-state index contributed by atoms with van der Waals surface area (Å²) in [6.45, 7) is 4.68. The summed E-state index contributed by atoms with van der Waals surface area (Å²) in [5.41, 5.74) is 0.788. The van der Waals surface area contributed by atoms with Crippen LogP contribution < -0.4 is 0 Å². The fourth-order valence-corrected chi connectivity index (χ4v) is 2.51. The summed E-state index contributed by atoms with van der Waals surface area (Å²) in [7, 11) is 0. The summed E-state index contributed by atoms with van der Waals surface area (Å²) >= 11 is 0. The molecule has 3 aliphatic rings. The van der Waals surface area contributed by atoms with E-state index in [1.165, 1.54) is 0 Å². The van der Waals surface area contributed by atoms with Gasteiger partial charge >= 0.3 is 0 Å². The zero-order chi connectivity index (χ0) is 14.2. The minimum atomic E-state index is -0.638. The fraction of sp³-hybridized carbons (Fsp3) is 0.714. The molecule has 0 bridgehead atoms. The van der Waals surface area contributed by atoms with Gasteiger partial charge in [-0.05, 0) is 6.92 Å². The molecule has 0 spiro atoms. The molecule has 3 rings (SSSR count). The Morgan fingerprint density at radius 2 is 1.60 bits per heavy atom. The first kappa shape index (κ1) is 13.9. The molecule has 0 aromatic rings. The van der Waals surface area contributed by atoms with Crippen molar-refractivity contribution in [2.24, 2.45) is 5.41 Å². The Labute approximate surface area is 117 Å². The molecule has 0 amide bonds. The lowest BCUT2D eigenvalue weighted by Crippen LogP contribution is -2.33. The molecule has 3 atom stereocenters. The Morgan fingerprint density at radius 1 is 1.10 bits per heavy atom. The van der Waals surface area contributed by atoms with E-state index >= 15 is 0 Å². The van der Waals surface area contributed by atoms with Crippen LogP contribution >= 0.6 is 0 Å². The molecule has 6 heteroatoms. The second kappa shape index (κ2) is 5.37. The standard InChI is InChI=1S/C14H20O6/c1-14(8-17-4-9-5-18-9,10(2-15)12-6-19-12)11(3-16)13-7-20-13/h2-3,9,12-13,15-16H,4-8H2,1H3. The van der Waals surface area contributed by atoms with Crippen molar-refractivity contribution in [1.82, 2.24) is 0 Å². The van der Waals surface area contributed by atoms with Gasteiger partial charge in [0.1, 0.15) is 18.3 Å². The van der Waals surface area contributed by atoms with Crippen LogP contribution in [0.2, 0.25) is 0 Å². The minimum Gasteiger partial charge on any atom is -0.516 e. The third-order valence-corrected chi connectivity index (χ3v) is 4.01. The van der Waals surface area contributed by atoms with Crippen molar-refractivity contribution in [2.45, 2.75) is 25.2 Å². The van der Waals surface area contributed by atoms with Gasteiger partial charge < -0.3 is 29.2 Å². The van der Waals surface area contributed by atoms with Crippen molar-refractivity contribution < 1.29 is 29.2 Å². The molecule has 3 fully saturated rings. The number of aliphatic hydroxyl groups is 2. The maximum absolute atomic E-state index is 9.57. The van der Waals surface area contributed by atoms with Crippen LogP contribution in [-0.2, 0) is 18.9 Å². The van der Waals surface area contributed by atoms with E-state index in [4.69, 9.17) is 18.9 Å². The largest absolute Gasteiger partial charge is 0.516 e. The van der Waals surface area contributed by atoms with E-state index in [1.807, 2.05) is 6.92 Å². The van der Waals surface area contributed by atoms with Gasteiger partial charge in [0, 0.05) is 16.6 Å². The molecule has 3 unspecified atom stereocenters. The van der Waals surface area contributed by atoms with Crippen LogP contribution in [-0.4, -0.2) is 61.6 Å². The minimum absolute atomic E-state index is 0.112. The van der Waals surface area contributed by atoms with Crippen molar-refractivity contribution in [3.8, 4) is 0 Å². The number of epoxide rings is 3. The van der Waals surface area contributed by atoms with E-state index in [0.29, 0.717) is 37.6 Å². The van der Waals surface area contributed by atoms with Gasteiger partial charge in [-0.25, -0.2) is 0 Å². The summed E-state index contributed by atoms with van der Waals surface area (Å²) in [5.74, 6) is 0. The van der Waals surface area contributed by atoms with Crippen LogP contribution in [0.1, 0.15) is 6.92 Å². The molecule has 0 saturated carbocycles. The lowest BCUT2D eigenvalue weighted by atomic mass is 9.74. The smallest absolute Gasteiger partial charge is 0.106 e. The average Bonchev–Trinajstić information content (AvgIpc) is 3.26. The quantitative estimate of drug-likeness (QED) is 0.512. The van der Waals surface area contributed by atoms with E-state index < -0.39 is 5.41 Å². The molecule has 6 nitrogen and oxygen atoms in total. The lowest BCUT2D eigenvalue weighted by molar-refractivity contribution is 0.0669. The predicted molar refractivity (Wildman–Crippen MR) is 69.6 cm³/mol. The Hall–Kier alpha value is -1.08. The zero-order valence-corrected chi connectivity index (χ0v) is 11.4. The third kappa shape index (κ3) is 2.83.